The minimum Gasteiger partial charge on any atom is -0.484 e. The molecule has 0 aliphatic rings. The van der Waals surface area contributed by atoms with E-state index in [1.54, 1.807) is 23.5 Å². The highest BCUT2D eigenvalue weighted by Crippen LogP contribution is 2.18. The van der Waals surface area contributed by atoms with Gasteiger partial charge in [-0.15, -0.1) is 11.3 Å². The molecular weight excluding hydrogens is 396 g/mol. The van der Waals surface area contributed by atoms with Gasteiger partial charge < -0.3 is 15.4 Å². The summed E-state index contributed by atoms with van der Waals surface area (Å²) in [6.45, 7) is 4.75. The third-order valence-corrected chi connectivity index (χ3v) is 5.44. The molecule has 3 rings (SSSR count). The predicted octanol–water partition coefficient (Wildman–Crippen LogP) is 4.75. The lowest BCUT2D eigenvalue weighted by atomic mass is 10.0. The average molecular weight is 423 g/mol. The van der Waals surface area contributed by atoms with E-state index in [0.29, 0.717) is 30.3 Å². The number of carbonyl (C=O) groups is 2. The van der Waals surface area contributed by atoms with E-state index in [1.165, 1.54) is 5.56 Å². The number of hydrogen-bond donors (Lipinski definition) is 2. The van der Waals surface area contributed by atoms with Gasteiger partial charge in [-0.05, 0) is 52.8 Å². The minimum atomic E-state index is -0.232. The molecule has 3 aromatic rings. The minimum absolute atomic E-state index is 0.0305. The monoisotopic (exact) mass is 422 g/mol. The summed E-state index contributed by atoms with van der Waals surface area (Å²) in [6, 6.07) is 19.0. The average Bonchev–Trinajstić information content (AvgIpc) is 3.26. The maximum Gasteiger partial charge on any atom is 0.262 e. The van der Waals surface area contributed by atoms with Crippen molar-refractivity contribution in [3.63, 3.8) is 0 Å². The summed E-state index contributed by atoms with van der Waals surface area (Å²) in [5, 5.41) is 7.70. The molecule has 0 aliphatic carbocycles. The van der Waals surface area contributed by atoms with E-state index in [2.05, 4.69) is 24.5 Å². The Morgan fingerprint density at radius 2 is 1.70 bits per heavy atom. The summed E-state index contributed by atoms with van der Waals surface area (Å²) in [7, 11) is 0. The van der Waals surface area contributed by atoms with Crippen molar-refractivity contribution in [2.45, 2.75) is 32.7 Å². The Morgan fingerprint density at radius 1 is 0.967 bits per heavy atom. The highest BCUT2D eigenvalue weighted by Gasteiger charge is 2.07. The second-order valence-corrected chi connectivity index (χ2v) is 8.32. The van der Waals surface area contributed by atoms with Crippen LogP contribution in [-0.4, -0.2) is 18.4 Å². The first-order valence-electron chi connectivity index (χ1n) is 9.90. The van der Waals surface area contributed by atoms with Crippen molar-refractivity contribution in [2.24, 2.45) is 0 Å². The number of amides is 2. The summed E-state index contributed by atoms with van der Waals surface area (Å²) >= 11 is 1.62. The number of anilines is 1. The molecule has 156 valence electrons. The van der Waals surface area contributed by atoms with Crippen molar-refractivity contribution >= 4 is 28.8 Å². The molecule has 0 saturated heterocycles. The zero-order chi connectivity index (χ0) is 21.3. The van der Waals surface area contributed by atoms with E-state index < -0.39 is 0 Å². The van der Waals surface area contributed by atoms with Crippen molar-refractivity contribution in [3.05, 3.63) is 82.0 Å². The molecule has 2 aromatic carbocycles. The third-order valence-electron chi connectivity index (χ3n) is 4.56. The van der Waals surface area contributed by atoms with E-state index in [-0.39, 0.29) is 18.4 Å². The number of carbonyl (C=O) groups excluding carboxylic acids is 2. The van der Waals surface area contributed by atoms with Crippen molar-refractivity contribution in [1.29, 1.82) is 0 Å². The van der Waals surface area contributed by atoms with Gasteiger partial charge >= 0.3 is 0 Å². The maximum atomic E-state index is 12.1. The Hall–Kier alpha value is -3.12. The smallest absolute Gasteiger partial charge is 0.262 e. The third kappa shape index (κ3) is 6.74. The van der Waals surface area contributed by atoms with Crippen molar-refractivity contribution in [3.8, 4) is 5.75 Å². The molecule has 0 atom stereocenters. The van der Waals surface area contributed by atoms with Gasteiger partial charge in [-0.3, -0.25) is 9.59 Å². The topological polar surface area (TPSA) is 67.4 Å². The van der Waals surface area contributed by atoms with Gasteiger partial charge in [-0.2, -0.15) is 0 Å². The van der Waals surface area contributed by atoms with Crippen LogP contribution in [-0.2, 0) is 22.6 Å². The molecule has 30 heavy (non-hydrogen) atoms. The highest BCUT2D eigenvalue weighted by atomic mass is 32.1. The standard InChI is InChI=1S/C24H26N2O3S/c1-17(2)19-7-11-21(12-8-19)29-16-24(28)26-20-9-5-18(6-10-20)14-23(27)25-15-22-4-3-13-30-22/h3-13,17H,14-16H2,1-2H3,(H,25,27)(H,26,28). The van der Waals surface area contributed by atoms with Crippen LogP contribution in [0.2, 0.25) is 0 Å². The van der Waals surface area contributed by atoms with Crippen molar-refractivity contribution in [2.75, 3.05) is 11.9 Å². The molecule has 1 heterocycles. The molecule has 0 spiro atoms. The van der Waals surface area contributed by atoms with Gasteiger partial charge in [0.1, 0.15) is 5.75 Å². The van der Waals surface area contributed by atoms with E-state index in [4.69, 9.17) is 4.74 Å². The second kappa shape index (κ2) is 10.6. The van der Waals surface area contributed by atoms with Gasteiger partial charge in [0.25, 0.3) is 5.91 Å². The van der Waals surface area contributed by atoms with Crippen LogP contribution in [0.4, 0.5) is 5.69 Å². The van der Waals surface area contributed by atoms with E-state index >= 15 is 0 Å². The lowest BCUT2D eigenvalue weighted by molar-refractivity contribution is -0.120. The Labute approximate surface area is 181 Å². The van der Waals surface area contributed by atoms with Crippen LogP contribution in [0.1, 0.15) is 35.8 Å². The summed E-state index contributed by atoms with van der Waals surface area (Å²) in [4.78, 5) is 25.3. The molecule has 0 fully saturated rings. The Bertz CT molecular complexity index is 949. The molecule has 2 N–H and O–H groups in total. The fraction of sp³-hybridized carbons (Fsp3) is 0.250. The molecule has 0 saturated carbocycles. The normalized spacial score (nSPS) is 10.6. The Balaban J connectivity index is 1.41. The predicted molar refractivity (Wildman–Crippen MR) is 121 cm³/mol. The van der Waals surface area contributed by atoms with E-state index in [9.17, 15) is 9.59 Å². The van der Waals surface area contributed by atoms with Gasteiger partial charge in [-0.25, -0.2) is 0 Å². The molecule has 2 amide bonds. The number of ether oxygens (including phenoxy) is 1. The van der Waals surface area contributed by atoms with Crippen LogP contribution in [0.5, 0.6) is 5.75 Å². The lowest BCUT2D eigenvalue weighted by Crippen LogP contribution is -2.24. The Kier molecular flexibility index (Phi) is 7.63. The van der Waals surface area contributed by atoms with Crippen LogP contribution in [0.25, 0.3) is 0 Å². The molecule has 0 aliphatic heterocycles. The van der Waals surface area contributed by atoms with Gasteiger partial charge in [-0.1, -0.05) is 44.2 Å². The first-order chi connectivity index (χ1) is 14.5. The maximum absolute atomic E-state index is 12.1. The number of benzene rings is 2. The zero-order valence-electron chi connectivity index (χ0n) is 17.2. The largest absolute Gasteiger partial charge is 0.484 e. The number of nitrogens with one attached hydrogen (secondary N) is 2. The highest BCUT2D eigenvalue weighted by molar-refractivity contribution is 7.09. The van der Waals surface area contributed by atoms with E-state index in [1.807, 2.05) is 53.9 Å². The first kappa shape index (κ1) is 21.6. The van der Waals surface area contributed by atoms with Gasteiger partial charge in [0.05, 0.1) is 13.0 Å². The van der Waals surface area contributed by atoms with Crippen LogP contribution in [0, 0.1) is 0 Å². The number of hydrogen-bond acceptors (Lipinski definition) is 4. The van der Waals surface area contributed by atoms with E-state index in [0.717, 1.165) is 10.4 Å². The summed E-state index contributed by atoms with van der Waals surface area (Å²) in [5.74, 6) is 0.859. The Morgan fingerprint density at radius 3 is 2.33 bits per heavy atom. The quantitative estimate of drug-likeness (QED) is 0.523. The summed E-state index contributed by atoms with van der Waals surface area (Å²) in [6.07, 6.45) is 0.301. The van der Waals surface area contributed by atoms with Crippen molar-refractivity contribution < 1.29 is 14.3 Å². The van der Waals surface area contributed by atoms with Gasteiger partial charge in [0.2, 0.25) is 5.91 Å². The summed E-state index contributed by atoms with van der Waals surface area (Å²) < 4.78 is 5.54. The fourth-order valence-corrected chi connectivity index (χ4v) is 3.49. The molecule has 5 nitrogen and oxygen atoms in total. The van der Waals surface area contributed by atoms with Crippen molar-refractivity contribution in [1.82, 2.24) is 5.32 Å². The van der Waals surface area contributed by atoms with Gasteiger partial charge in [0, 0.05) is 10.6 Å². The first-order valence-corrected chi connectivity index (χ1v) is 10.8. The van der Waals surface area contributed by atoms with Crippen LogP contribution >= 0.6 is 11.3 Å². The fourth-order valence-electron chi connectivity index (χ4n) is 2.85. The van der Waals surface area contributed by atoms with Crippen LogP contribution in [0.3, 0.4) is 0 Å². The molecule has 0 unspecified atom stereocenters. The summed E-state index contributed by atoms with van der Waals surface area (Å²) in [5.41, 5.74) is 2.78. The second-order valence-electron chi connectivity index (χ2n) is 7.29. The SMILES string of the molecule is CC(C)c1ccc(OCC(=O)Nc2ccc(CC(=O)NCc3cccs3)cc2)cc1. The molecule has 6 heteroatoms. The molecule has 1 aromatic heterocycles. The van der Waals surface area contributed by atoms with Crippen LogP contribution < -0.4 is 15.4 Å². The number of rotatable bonds is 9. The lowest BCUT2D eigenvalue weighted by Gasteiger charge is -2.10. The molecule has 0 bridgehead atoms. The number of thiophene rings is 1. The van der Waals surface area contributed by atoms with Gasteiger partial charge in [0.15, 0.2) is 6.61 Å². The molecular formula is C24H26N2O3S. The van der Waals surface area contributed by atoms with Crippen LogP contribution in [0.15, 0.2) is 66.0 Å². The molecule has 0 radical (unpaired) electrons. The zero-order valence-corrected chi connectivity index (χ0v) is 18.0.